The Morgan fingerprint density at radius 3 is 3.20 bits per heavy atom. The molecule has 1 aliphatic heterocycles. The highest BCUT2D eigenvalue weighted by molar-refractivity contribution is 5.94. The Morgan fingerprint density at radius 1 is 1.67 bits per heavy atom. The molecule has 0 unspecified atom stereocenters. The van der Waals surface area contributed by atoms with Crippen molar-refractivity contribution in [1.82, 2.24) is 9.88 Å². The zero-order valence-corrected chi connectivity index (χ0v) is 8.60. The van der Waals surface area contributed by atoms with Crippen LogP contribution in [0, 0.1) is 0 Å². The van der Waals surface area contributed by atoms with Crippen LogP contribution in [-0.4, -0.2) is 34.9 Å². The van der Waals surface area contributed by atoms with Gasteiger partial charge < -0.3 is 10.6 Å². The molecule has 2 N–H and O–H groups in total. The standard InChI is InChI=1S/C11H15N3O/c12-7-10-4-2-6-14(10)11(15)9-3-1-5-13-8-9/h1,3,5,8,10H,2,4,6-7,12H2/t10-/m0/s1. The van der Waals surface area contributed by atoms with Crippen LogP contribution in [0.15, 0.2) is 24.5 Å². The Bertz CT molecular complexity index is 339. The van der Waals surface area contributed by atoms with Gasteiger partial charge in [0.1, 0.15) is 0 Å². The van der Waals surface area contributed by atoms with Gasteiger partial charge in [-0.25, -0.2) is 0 Å². The smallest absolute Gasteiger partial charge is 0.255 e. The number of hydrogen-bond donors (Lipinski definition) is 1. The van der Waals surface area contributed by atoms with Crippen molar-refractivity contribution in [3.63, 3.8) is 0 Å². The first-order chi connectivity index (χ1) is 7.33. The van der Waals surface area contributed by atoms with Gasteiger partial charge in [-0.15, -0.1) is 0 Å². The molecule has 1 saturated heterocycles. The first-order valence-corrected chi connectivity index (χ1v) is 5.24. The van der Waals surface area contributed by atoms with Crippen LogP contribution in [0.1, 0.15) is 23.2 Å². The fourth-order valence-corrected chi connectivity index (χ4v) is 2.00. The van der Waals surface area contributed by atoms with Crippen LogP contribution >= 0.6 is 0 Å². The molecule has 0 aromatic carbocycles. The minimum atomic E-state index is 0.0519. The molecule has 4 heteroatoms. The van der Waals surface area contributed by atoms with Crippen LogP contribution in [0.5, 0.6) is 0 Å². The molecule has 1 aromatic heterocycles. The number of amides is 1. The second-order valence-corrected chi connectivity index (χ2v) is 3.77. The monoisotopic (exact) mass is 205 g/mol. The van der Waals surface area contributed by atoms with E-state index in [0.29, 0.717) is 12.1 Å². The largest absolute Gasteiger partial charge is 0.334 e. The number of pyridine rings is 1. The third-order valence-corrected chi connectivity index (χ3v) is 2.82. The van der Waals surface area contributed by atoms with Crippen LogP contribution in [0.2, 0.25) is 0 Å². The highest BCUT2D eigenvalue weighted by Crippen LogP contribution is 2.18. The molecule has 0 bridgehead atoms. The Balaban J connectivity index is 2.14. The molecule has 80 valence electrons. The third kappa shape index (κ3) is 1.99. The van der Waals surface area contributed by atoms with Crippen LogP contribution in [0.25, 0.3) is 0 Å². The first-order valence-electron chi connectivity index (χ1n) is 5.24. The van der Waals surface area contributed by atoms with Crippen LogP contribution in [0.4, 0.5) is 0 Å². The Hall–Kier alpha value is -1.42. The molecule has 1 aliphatic rings. The van der Waals surface area contributed by atoms with Crippen molar-refractivity contribution in [2.45, 2.75) is 18.9 Å². The van der Waals surface area contributed by atoms with E-state index in [9.17, 15) is 4.79 Å². The number of carbonyl (C=O) groups is 1. The predicted octanol–water partition coefficient (Wildman–Crippen LogP) is 0.645. The molecule has 0 saturated carbocycles. The van der Waals surface area contributed by atoms with E-state index in [-0.39, 0.29) is 11.9 Å². The molecule has 0 radical (unpaired) electrons. The van der Waals surface area contributed by atoms with E-state index >= 15 is 0 Å². The maximum atomic E-state index is 12.0. The summed E-state index contributed by atoms with van der Waals surface area (Å²) in [7, 11) is 0. The number of nitrogens with zero attached hydrogens (tertiary/aromatic N) is 2. The fourth-order valence-electron chi connectivity index (χ4n) is 2.00. The summed E-state index contributed by atoms with van der Waals surface area (Å²) in [5.41, 5.74) is 6.28. The topological polar surface area (TPSA) is 59.2 Å². The Morgan fingerprint density at radius 2 is 2.53 bits per heavy atom. The summed E-state index contributed by atoms with van der Waals surface area (Å²) in [5.74, 6) is 0.0519. The average Bonchev–Trinajstić information content (AvgIpc) is 2.77. The van der Waals surface area contributed by atoms with E-state index in [0.717, 1.165) is 19.4 Å². The van der Waals surface area contributed by atoms with Gasteiger partial charge in [0.25, 0.3) is 5.91 Å². The van der Waals surface area contributed by atoms with E-state index in [2.05, 4.69) is 4.98 Å². The lowest BCUT2D eigenvalue weighted by molar-refractivity contribution is 0.0741. The van der Waals surface area contributed by atoms with Crippen molar-refractivity contribution in [3.8, 4) is 0 Å². The number of carbonyl (C=O) groups excluding carboxylic acids is 1. The highest BCUT2D eigenvalue weighted by atomic mass is 16.2. The van der Waals surface area contributed by atoms with Gasteiger partial charge in [0.15, 0.2) is 0 Å². The van der Waals surface area contributed by atoms with Crippen molar-refractivity contribution in [2.75, 3.05) is 13.1 Å². The van der Waals surface area contributed by atoms with Crippen molar-refractivity contribution in [2.24, 2.45) is 5.73 Å². The maximum Gasteiger partial charge on any atom is 0.255 e. The molecule has 1 aromatic rings. The molecule has 0 aliphatic carbocycles. The Labute approximate surface area is 89.1 Å². The summed E-state index contributed by atoms with van der Waals surface area (Å²) in [6, 6.07) is 3.78. The number of aromatic nitrogens is 1. The molecule has 2 rings (SSSR count). The molecular formula is C11H15N3O. The van der Waals surface area contributed by atoms with E-state index in [1.165, 1.54) is 0 Å². The molecule has 0 spiro atoms. The molecule has 1 fully saturated rings. The molecule has 2 heterocycles. The van der Waals surface area contributed by atoms with E-state index in [4.69, 9.17) is 5.73 Å². The maximum absolute atomic E-state index is 12.0. The second kappa shape index (κ2) is 4.40. The van der Waals surface area contributed by atoms with Gasteiger partial charge in [0.2, 0.25) is 0 Å². The second-order valence-electron chi connectivity index (χ2n) is 3.77. The first kappa shape index (κ1) is 10.1. The van der Waals surface area contributed by atoms with E-state index in [1.54, 1.807) is 24.5 Å². The summed E-state index contributed by atoms with van der Waals surface area (Å²) >= 11 is 0. The summed E-state index contributed by atoms with van der Waals surface area (Å²) in [6.45, 7) is 1.36. The van der Waals surface area contributed by atoms with Gasteiger partial charge in [-0.05, 0) is 25.0 Å². The van der Waals surface area contributed by atoms with Gasteiger partial charge in [-0.3, -0.25) is 9.78 Å². The number of likely N-dealkylation sites (tertiary alicyclic amines) is 1. The number of rotatable bonds is 2. The predicted molar refractivity (Wildman–Crippen MR) is 57.3 cm³/mol. The van der Waals surface area contributed by atoms with E-state index in [1.807, 2.05) is 4.90 Å². The summed E-state index contributed by atoms with van der Waals surface area (Å²) < 4.78 is 0. The SMILES string of the molecule is NC[C@@H]1CCCN1C(=O)c1cccnc1. The minimum Gasteiger partial charge on any atom is -0.334 e. The van der Waals surface area contributed by atoms with Crippen molar-refractivity contribution in [1.29, 1.82) is 0 Å². The number of nitrogens with two attached hydrogens (primary N) is 1. The lowest BCUT2D eigenvalue weighted by Crippen LogP contribution is -2.39. The summed E-state index contributed by atoms with van der Waals surface area (Å²) in [4.78, 5) is 17.9. The molecule has 1 atom stereocenters. The average molecular weight is 205 g/mol. The molecular weight excluding hydrogens is 190 g/mol. The number of hydrogen-bond acceptors (Lipinski definition) is 3. The molecule has 15 heavy (non-hydrogen) atoms. The van der Waals surface area contributed by atoms with Gasteiger partial charge in [-0.2, -0.15) is 0 Å². The zero-order chi connectivity index (χ0) is 10.7. The van der Waals surface area contributed by atoms with Gasteiger partial charge in [-0.1, -0.05) is 0 Å². The fraction of sp³-hybridized carbons (Fsp3) is 0.455. The normalized spacial score (nSPS) is 20.6. The molecule has 1 amide bonds. The zero-order valence-electron chi connectivity index (χ0n) is 8.60. The van der Waals surface area contributed by atoms with Crippen LogP contribution in [0.3, 0.4) is 0 Å². The molecule has 4 nitrogen and oxygen atoms in total. The van der Waals surface area contributed by atoms with Crippen molar-refractivity contribution < 1.29 is 4.79 Å². The van der Waals surface area contributed by atoms with Crippen molar-refractivity contribution >= 4 is 5.91 Å². The summed E-state index contributed by atoms with van der Waals surface area (Å²) in [6.07, 6.45) is 5.34. The highest BCUT2D eigenvalue weighted by Gasteiger charge is 2.28. The van der Waals surface area contributed by atoms with Crippen LogP contribution < -0.4 is 5.73 Å². The van der Waals surface area contributed by atoms with Gasteiger partial charge in [0, 0.05) is 31.5 Å². The van der Waals surface area contributed by atoms with E-state index < -0.39 is 0 Å². The minimum absolute atomic E-state index is 0.0519. The van der Waals surface area contributed by atoms with Gasteiger partial charge >= 0.3 is 0 Å². The lowest BCUT2D eigenvalue weighted by atomic mass is 10.2. The Kier molecular flexibility index (Phi) is 2.97. The van der Waals surface area contributed by atoms with Crippen LogP contribution in [-0.2, 0) is 0 Å². The van der Waals surface area contributed by atoms with Crippen molar-refractivity contribution in [3.05, 3.63) is 30.1 Å². The van der Waals surface area contributed by atoms with Gasteiger partial charge in [0.05, 0.1) is 5.56 Å². The lowest BCUT2D eigenvalue weighted by Gasteiger charge is -2.23. The summed E-state index contributed by atoms with van der Waals surface area (Å²) in [5, 5.41) is 0. The third-order valence-electron chi connectivity index (χ3n) is 2.82. The quantitative estimate of drug-likeness (QED) is 0.771.